The smallest absolute Gasteiger partial charge is 0.119 e. The van der Waals surface area contributed by atoms with Crippen LogP contribution in [0, 0.1) is 13.8 Å². The Bertz CT molecular complexity index is 1240. The number of ether oxygens (including phenoxy) is 2. The first-order valence-electron chi connectivity index (χ1n) is 15.4. The van der Waals surface area contributed by atoms with Gasteiger partial charge in [0.2, 0.25) is 0 Å². The summed E-state index contributed by atoms with van der Waals surface area (Å²) < 4.78 is 11.7. The van der Waals surface area contributed by atoms with E-state index in [0.29, 0.717) is 24.6 Å². The van der Waals surface area contributed by atoms with Crippen LogP contribution in [0.2, 0.25) is 10.0 Å². The SMILES string of the molecule is Cc1ccc(N2CCN(CC(O)COc3ccc(OCC(O)CN4CCN(c5ccc(C)c(Cl)c5)CC4)cc3)CC2)cc1Cl. The van der Waals surface area contributed by atoms with Crippen molar-refractivity contribution in [2.75, 3.05) is 88.5 Å². The second-order valence-electron chi connectivity index (χ2n) is 11.8. The number of hydrogen-bond acceptors (Lipinski definition) is 8. The number of β-amino-alcohol motifs (C(OH)–C–C–N with tert-alkyl or cyclic N) is 2. The third-order valence-corrected chi connectivity index (χ3v) is 9.25. The van der Waals surface area contributed by atoms with Crippen molar-refractivity contribution in [2.24, 2.45) is 0 Å². The van der Waals surface area contributed by atoms with Crippen LogP contribution in [0.15, 0.2) is 60.7 Å². The van der Waals surface area contributed by atoms with Crippen molar-refractivity contribution in [3.05, 3.63) is 81.8 Å². The van der Waals surface area contributed by atoms with Crippen molar-refractivity contribution < 1.29 is 19.7 Å². The van der Waals surface area contributed by atoms with Gasteiger partial charge in [0.25, 0.3) is 0 Å². The molecule has 238 valence electrons. The molecule has 0 radical (unpaired) electrons. The van der Waals surface area contributed by atoms with Gasteiger partial charge in [-0.05, 0) is 73.5 Å². The molecular formula is C34H44Cl2N4O4. The van der Waals surface area contributed by atoms with Crippen molar-refractivity contribution in [2.45, 2.75) is 26.1 Å². The Morgan fingerprint density at radius 1 is 0.591 bits per heavy atom. The van der Waals surface area contributed by atoms with Crippen molar-refractivity contribution in [3.8, 4) is 11.5 Å². The molecule has 2 saturated heterocycles. The number of halogens is 2. The molecule has 0 aromatic heterocycles. The first kappa shape index (κ1) is 32.7. The van der Waals surface area contributed by atoms with Gasteiger partial charge in [0.1, 0.15) is 36.9 Å². The minimum atomic E-state index is -0.585. The fourth-order valence-electron chi connectivity index (χ4n) is 5.65. The molecule has 0 aliphatic carbocycles. The molecule has 3 aromatic carbocycles. The number of aliphatic hydroxyl groups excluding tert-OH is 2. The molecule has 10 heteroatoms. The molecule has 3 aromatic rings. The predicted octanol–water partition coefficient (Wildman–Crippen LogP) is 4.73. The molecular weight excluding hydrogens is 599 g/mol. The van der Waals surface area contributed by atoms with E-state index >= 15 is 0 Å². The standard InChI is InChI=1S/C34H44Cl2N4O4/c1-25-3-5-27(19-33(25)35)39-15-11-37(12-16-39)21-29(41)23-43-31-7-9-32(10-8-31)44-24-30(42)22-38-13-17-40(18-14-38)28-6-4-26(2)34(36)20-28/h3-10,19-20,29-30,41-42H,11-18,21-24H2,1-2H3. The van der Waals surface area contributed by atoms with Crippen molar-refractivity contribution in [3.63, 3.8) is 0 Å². The summed E-state index contributed by atoms with van der Waals surface area (Å²) in [6.45, 7) is 12.7. The summed E-state index contributed by atoms with van der Waals surface area (Å²) in [7, 11) is 0. The number of aliphatic hydroxyl groups is 2. The summed E-state index contributed by atoms with van der Waals surface area (Å²) in [6.07, 6.45) is -1.17. The van der Waals surface area contributed by atoms with E-state index in [-0.39, 0.29) is 13.2 Å². The zero-order valence-corrected chi connectivity index (χ0v) is 27.2. The average Bonchev–Trinajstić information content (AvgIpc) is 3.03. The minimum Gasteiger partial charge on any atom is -0.491 e. The molecule has 2 N–H and O–H groups in total. The first-order valence-corrected chi connectivity index (χ1v) is 16.2. The normalized spacial score (nSPS) is 17.9. The van der Waals surface area contributed by atoms with Gasteiger partial charge in [-0.2, -0.15) is 0 Å². The lowest BCUT2D eigenvalue weighted by molar-refractivity contribution is 0.0650. The van der Waals surface area contributed by atoms with Gasteiger partial charge in [0.15, 0.2) is 0 Å². The Hall–Kier alpha value is -2.72. The maximum absolute atomic E-state index is 10.6. The highest BCUT2D eigenvalue weighted by Crippen LogP contribution is 2.25. The van der Waals surface area contributed by atoms with E-state index in [9.17, 15) is 10.2 Å². The van der Waals surface area contributed by atoms with E-state index in [1.807, 2.05) is 50.2 Å². The van der Waals surface area contributed by atoms with Crippen LogP contribution in [0.3, 0.4) is 0 Å². The third kappa shape index (κ3) is 9.16. The molecule has 2 unspecified atom stereocenters. The second kappa shape index (κ2) is 15.5. The van der Waals surface area contributed by atoms with Crippen molar-refractivity contribution >= 4 is 34.6 Å². The zero-order valence-electron chi connectivity index (χ0n) is 25.7. The summed E-state index contributed by atoms with van der Waals surface area (Å²) >= 11 is 12.6. The van der Waals surface area contributed by atoms with Crippen LogP contribution >= 0.6 is 23.2 Å². The Kier molecular flexibility index (Phi) is 11.5. The zero-order chi connectivity index (χ0) is 31.1. The maximum Gasteiger partial charge on any atom is 0.119 e. The first-order chi connectivity index (χ1) is 21.2. The molecule has 0 saturated carbocycles. The van der Waals surface area contributed by atoms with E-state index in [0.717, 1.165) is 84.9 Å². The Morgan fingerprint density at radius 3 is 1.30 bits per heavy atom. The van der Waals surface area contributed by atoms with Crippen molar-refractivity contribution in [1.29, 1.82) is 0 Å². The van der Waals surface area contributed by atoms with Gasteiger partial charge in [-0.1, -0.05) is 35.3 Å². The van der Waals surface area contributed by atoms with Crippen LogP contribution in [-0.4, -0.2) is 111 Å². The van der Waals surface area contributed by atoms with E-state index < -0.39 is 12.2 Å². The number of nitrogens with zero attached hydrogens (tertiary/aromatic N) is 4. The number of anilines is 2. The third-order valence-electron chi connectivity index (χ3n) is 8.43. The van der Waals surface area contributed by atoms with Crippen molar-refractivity contribution in [1.82, 2.24) is 9.80 Å². The Morgan fingerprint density at radius 2 is 0.955 bits per heavy atom. The van der Waals surface area contributed by atoms with Crippen LogP contribution in [0.1, 0.15) is 11.1 Å². The molecule has 2 fully saturated rings. The second-order valence-corrected chi connectivity index (χ2v) is 12.7. The highest BCUT2D eigenvalue weighted by molar-refractivity contribution is 6.31. The minimum absolute atomic E-state index is 0.219. The molecule has 2 aliphatic rings. The van der Waals surface area contributed by atoms with E-state index in [2.05, 4.69) is 43.9 Å². The quantitative estimate of drug-likeness (QED) is 0.294. The molecule has 2 aliphatic heterocycles. The van der Waals surface area contributed by atoms with E-state index in [1.165, 1.54) is 0 Å². The topological polar surface area (TPSA) is 71.9 Å². The molecule has 2 heterocycles. The highest BCUT2D eigenvalue weighted by Gasteiger charge is 2.22. The summed E-state index contributed by atoms with van der Waals surface area (Å²) in [4.78, 5) is 9.20. The van der Waals surface area contributed by atoms with Gasteiger partial charge in [-0.15, -0.1) is 0 Å². The van der Waals surface area contributed by atoms with E-state index in [1.54, 1.807) is 0 Å². The van der Waals surface area contributed by atoms with Gasteiger partial charge in [0, 0.05) is 86.9 Å². The number of benzene rings is 3. The maximum atomic E-state index is 10.6. The van der Waals surface area contributed by atoms with Crippen LogP contribution in [0.5, 0.6) is 11.5 Å². The molecule has 44 heavy (non-hydrogen) atoms. The fourth-order valence-corrected chi connectivity index (χ4v) is 6.00. The molecule has 2 atom stereocenters. The van der Waals surface area contributed by atoms with Gasteiger partial charge >= 0.3 is 0 Å². The van der Waals surface area contributed by atoms with Crippen LogP contribution in [-0.2, 0) is 0 Å². The largest absolute Gasteiger partial charge is 0.491 e. The van der Waals surface area contributed by atoms with Gasteiger partial charge in [-0.25, -0.2) is 0 Å². The summed E-state index contributed by atoms with van der Waals surface area (Å²) in [6, 6.07) is 19.7. The summed E-state index contributed by atoms with van der Waals surface area (Å²) in [5.74, 6) is 1.34. The highest BCUT2D eigenvalue weighted by atomic mass is 35.5. The van der Waals surface area contributed by atoms with Crippen LogP contribution in [0.4, 0.5) is 11.4 Å². The molecule has 0 spiro atoms. The average molecular weight is 644 g/mol. The number of piperazine rings is 2. The lowest BCUT2D eigenvalue weighted by Gasteiger charge is -2.37. The molecule has 0 bridgehead atoms. The lowest BCUT2D eigenvalue weighted by Crippen LogP contribution is -2.49. The summed E-state index contributed by atoms with van der Waals surface area (Å²) in [5.41, 5.74) is 4.45. The predicted molar refractivity (Wildman–Crippen MR) is 179 cm³/mol. The molecule has 8 nitrogen and oxygen atoms in total. The monoisotopic (exact) mass is 642 g/mol. The Balaban J connectivity index is 0.958. The lowest BCUT2D eigenvalue weighted by atomic mass is 10.2. The van der Waals surface area contributed by atoms with Crippen LogP contribution in [0.25, 0.3) is 0 Å². The Labute approximate surface area is 271 Å². The van der Waals surface area contributed by atoms with Gasteiger partial charge < -0.3 is 29.5 Å². The van der Waals surface area contributed by atoms with Crippen LogP contribution < -0.4 is 19.3 Å². The molecule has 0 amide bonds. The number of hydrogen-bond donors (Lipinski definition) is 2. The number of rotatable bonds is 12. The fraction of sp³-hybridized carbons (Fsp3) is 0.471. The summed E-state index contributed by atoms with van der Waals surface area (Å²) in [5, 5.41) is 22.7. The number of aryl methyl sites for hydroxylation is 2. The van der Waals surface area contributed by atoms with E-state index in [4.69, 9.17) is 32.7 Å². The molecule has 5 rings (SSSR count). The van der Waals surface area contributed by atoms with Gasteiger partial charge in [0.05, 0.1) is 0 Å². The van der Waals surface area contributed by atoms with Gasteiger partial charge in [-0.3, -0.25) is 9.80 Å².